The van der Waals surface area contributed by atoms with Crippen LogP contribution in [-0.2, 0) is 9.47 Å². The van der Waals surface area contributed by atoms with E-state index in [-0.39, 0.29) is 29.8 Å². The quantitative estimate of drug-likeness (QED) is 0.631. The largest absolute Gasteiger partial charge is 0.458 e. The fraction of sp³-hybridized carbons (Fsp3) is 0.238. The number of hydrogen-bond donors (Lipinski definition) is 1. The van der Waals surface area contributed by atoms with Crippen LogP contribution in [0.2, 0.25) is 0 Å². The lowest BCUT2D eigenvalue weighted by atomic mass is 10.1. The maximum Gasteiger partial charge on any atom is 0.407 e. The predicted octanol–water partition coefficient (Wildman–Crippen LogP) is 2.37. The zero-order valence-electron chi connectivity index (χ0n) is 15.9. The van der Waals surface area contributed by atoms with E-state index in [0.717, 1.165) is 16.0 Å². The average molecular weight is 394 g/mol. The number of rotatable bonds is 4. The molecule has 1 N–H and O–H groups in total. The second kappa shape index (κ2) is 7.05. The molecule has 1 fully saturated rings. The second-order valence-corrected chi connectivity index (χ2v) is 7.00. The highest BCUT2D eigenvalue weighted by Crippen LogP contribution is 2.31. The average Bonchev–Trinajstić information content (AvgIpc) is 3.23. The summed E-state index contributed by atoms with van der Waals surface area (Å²) in [5.41, 5.74) is 2.78. The molecule has 8 nitrogen and oxygen atoms in total. The fourth-order valence-electron chi connectivity index (χ4n) is 3.32. The molecule has 4 rings (SSSR count). The number of amides is 3. The summed E-state index contributed by atoms with van der Waals surface area (Å²) in [6.45, 7) is 3.86. The number of carbonyl (C=O) groups is 4. The maximum atomic E-state index is 12.9. The monoisotopic (exact) mass is 394 g/mol. The van der Waals surface area contributed by atoms with Gasteiger partial charge >= 0.3 is 12.1 Å². The summed E-state index contributed by atoms with van der Waals surface area (Å²) in [4.78, 5) is 50.2. The van der Waals surface area contributed by atoms with Gasteiger partial charge in [-0.15, -0.1) is 0 Å². The van der Waals surface area contributed by atoms with Crippen molar-refractivity contribution in [3.8, 4) is 0 Å². The molecule has 0 aliphatic carbocycles. The number of benzene rings is 2. The molecule has 8 heteroatoms. The molecular weight excluding hydrogens is 376 g/mol. The molecule has 1 saturated heterocycles. The van der Waals surface area contributed by atoms with Crippen LogP contribution >= 0.6 is 0 Å². The Morgan fingerprint density at radius 1 is 1.10 bits per heavy atom. The molecule has 0 saturated carbocycles. The first kappa shape index (κ1) is 18.7. The minimum absolute atomic E-state index is 0.101. The van der Waals surface area contributed by atoms with Crippen molar-refractivity contribution >= 4 is 29.6 Å². The first-order chi connectivity index (χ1) is 13.8. The van der Waals surface area contributed by atoms with Crippen LogP contribution in [-0.4, -0.2) is 43.1 Å². The van der Waals surface area contributed by atoms with Gasteiger partial charge in [0.1, 0.15) is 6.61 Å². The lowest BCUT2D eigenvalue weighted by Gasteiger charge is -2.17. The molecule has 0 unspecified atom stereocenters. The van der Waals surface area contributed by atoms with Gasteiger partial charge in [-0.1, -0.05) is 12.1 Å². The van der Waals surface area contributed by atoms with Gasteiger partial charge in [0.25, 0.3) is 11.8 Å². The normalized spacial score (nSPS) is 17.8. The van der Waals surface area contributed by atoms with Gasteiger partial charge < -0.3 is 14.8 Å². The Hall–Kier alpha value is -3.68. The van der Waals surface area contributed by atoms with Crippen molar-refractivity contribution in [2.24, 2.45) is 0 Å². The summed E-state index contributed by atoms with van der Waals surface area (Å²) in [5, 5.41) is 2.47. The first-order valence-corrected chi connectivity index (χ1v) is 9.07. The van der Waals surface area contributed by atoms with E-state index < -0.39 is 30.0 Å². The van der Waals surface area contributed by atoms with Crippen molar-refractivity contribution in [2.45, 2.75) is 20.0 Å². The Labute approximate surface area is 166 Å². The maximum absolute atomic E-state index is 12.9. The van der Waals surface area contributed by atoms with Gasteiger partial charge in [-0.2, -0.15) is 0 Å². The number of nitrogens with zero attached hydrogens (tertiary/aromatic N) is 1. The lowest BCUT2D eigenvalue weighted by Crippen LogP contribution is -2.30. The van der Waals surface area contributed by atoms with E-state index in [1.54, 1.807) is 6.07 Å². The van der Waals surface area contributed by atoms with Crippen molar-refractivity contribution < 1.29 is 28.7 Å². The van der Waals surface area contributed by atoms with E-state index >= 15 is 0 Å². The molecule has 0 aromatic heterocycles. The highest BCUT2D eigenvalue weighted by molar-refractivity contribution is 6.35. The molecule has 1 atom stereocenters. The molecule has 0 spiro atoms. The Morgan fingerprint density at radius 2 is 1.86 bits per heavy atom. The number of anilines is 1. The number of cyclic esters (lactones) is 1. The summed E-state index contributed by atoms with van der Waals surface area (Å²) in [5.74, 6) is -1.58. The molecule has 2 aromatic carbocycles. The van der Waals surface area contributed by atoms with Crippen LogP contribution in [0.1, 0.15) is 42.2 Å². The second-order valence-electron chi connectivity index (χ2n) is 7.00. The highest BCUT2D eigenvalue weighted by Gasteiger charge is 2.38. The molecule has 2 aliphatic rings. The van der Waals surface area contributed by atoms with Crippen molar-refractivity contribution in [1.82, 2.24) is 5.32 Å². The van der Waals surface area contributed by atoms with Crippen LogP contribution in [0.5, 0.6) is 0 Å². The first-order valence-electron chi connectivity index (χ1n) is 9.07. The summed E-state index contributed by atoms with van der Waals surface area (Å²) < 4.78 is 10.1. The third-order valence-corrected chi connectivity index (χ3v) is 4.88. The van der Waals surface area contributed by atoms with E-state index in [9.17, 15) is 19.2 Å². The van der Waals surface area contributed by atoms with Crippen LogP contribution < -0.4 is 10.2 Å². The Morgan fingerprint density at radius 3 is 2.59 bits per heavy atom. The third-order valence-electron chi connectivity index (χ3n) is 4.88. The number of alkyl carbamates (subject to hydrolysis) is 1. The van der Waals surface area contributed by atoms with Gasteiger partial charge in [0.05, 0.1) is 28.9 Å². The smallest absolute Gasteiger partial charge is 0.407 e. The summed E-state index contributed by atoms with van der Waals surface area (Å²) >= 11 is 0. The van der Waals surface area contributed by atoms with Crippen molar-refractivity contribution in [3.05, 3.63) is 64.2 Å². The zero-order valence-corrected chi connectivity index (χ0v) is 15.9. The molecule has 2 aromatic rings. The molecule has 3 amide bonds. The molecule has 0 bridgehead atoms. The SMILES string of the molecule is Cc1ccc(C)c(N2C(=O)c3ccc(C(=O)OC[C@H]4CNC(=O)O4)cc3C2=O)c1. The number of ether oxygens (including phenoxy) is 2. The van der Waals surface area contributed by atoms with Gasteiger partial charge in [-0.05, 0) is 49.2 Å². The van der Waals surface area contributed by atoms with Gasteiger partial charge in [0, 0.05) is 0 Å². The summed E-state index contributed by atoms with van der Waals surface area (Å²) in [6.07, 6.45) is -1.11. The molecule has 2 heterocycles. The van der Waals surface area contributed by atoms with Crippen molar-refractivity contribution in [3.63, 3.8) is 0 Å². The fourth-order valence-corrected chi connectivity index (χ4v) is 3.32. The van der Waals surface area contributed by atoms with Gasteiger partial charge in [0.15, 0.2) is 6.10 Å². The number of hydrogen-bond acceptors (Lipinski definition) is 6. The summed E-state index contributed by atoms with van der Waals surface area (Å²) in [6, 6.07) is 9.79. The van der Waals surface area contributed by atoms with Crippen LogP contribution in [0.3, 0.4) is 0 Å². The number of esters is 1. The van der Waals surface area contributed by atoms with E-state index in [0.29, 0.717) is 5.69 Å². The van der Waals surface area contributed by atoms with Gasteiger partial charge in [-0.25, -0.2) is 14.5 Å². The molecular formula is C21H18N2O6. The number of nitrogens with one attached hydrogen (secondary N) is 1. The van der Waals surface area contributed by atoms with Gasteiger partial charge in [-0.3, -0.25) is 9.59 Å². The minimum atomic E-state index is -0.666. The topological polar surface area (TPSA) is 102 Å². The van der Waals surface area contributed by atoms with E-state index in [4.69, 9.17) is 9.47 Å². The van der Waals surface area contributed by atoms with Crippen LogP contribution in [0, 0.1) is 13.8 Å². The zero-order chi connectivity index (χ0) is 20.7. The molecule has 148 valence electrons. The van der Waals surface area contributed by atoms with Crippen LogP contribution in [0.15, 0.2) is 36.4 Å². The molecule has 2 aliphatic heterocycles. The minimum Gasteiger partial charge on any atom is -0.458 e. The van der Waals surface area contributed by atoms with E-state index in [2.05, 4.69) is 5.32 Å². The van der Waals surface area contributed by atoms with E-state index in [1.807, 2.05) is 26.0 Å². The van der Waals surface area contributed by atoms with Crippen LogP contribution in [0.4, 0.5) is 10.5 Å². The van der Waals surface area contributed by atoms with Crippen molar-refractivity contribution in [2.75, 3.05) is 18.1 Å². The number of imide groups is 1. The lowest BCUT2D eigenvalue weighted by molar-refractivity contribution is 0.0300. The predicted molar refractivity (Wildman–Crippen MR) is 102 cm³/mol. The molecule has 29 heavy (non-hydrogen) atoms. The molecule has 0 radical (unpaired) electrons. The third kappa shape index (κ3) is 3.33. The number of carbonyl (C=O) groups excluding carboxylic acids is 4. The Balaban J connectivity index is 1.56. The summed E-state index contributed by atoms with van der Waals surface area (Å²) in [7, 11) is 0. The van der Waals surface area contributed by atoms with E-state index in [1.165, 1.54) is 18.2 Å². The van der Waals surface area contributed by atoms with Crippen LogP contribution in [0.25, 0.3) is 0 Å². The highest BCUT2D eigenvalue weighted by atomic mass is 16.6. The van der Waals surface area contributed by atoms with Gasteiger partial charge in [0.2, 0.25) is 0 Å². The Kier molecular flexibility index (Phi) is 4.54. The van der Waals surface area contributed by atoms with Crippen molar-refractivity contribution in [1.29, 1.82) is 0 Å². The standard InChI is InChI=1S/C21H18N2O6/c1-11-3-4-12(2)17(7-11)23-18(24)15-6-5-13(8-16(15)19(23)25)20(26)28-10-14-9-22-21(27)29-14/h3-8,14H,9-10H2,1-2H3,(H,22,27)/t14-/m1/s1. The number of aryl methyl sites for hydroxylation is 2. The number of fused-ring (bicyclic) bond motifs is 1. The Bertz CT molecular complexity index is 1060.